The van der Waals surface area contributed by atoms with Gasteiger partial charge in [-0.25, -0.2) is 4.79 Å². The molecule has 0 fully saturated rings. The summed E-state index contributed by atoms with van der Waals surface area (Å²) in [7, 11) is 1.76. The first-order valence-corrected chi connectivity index (χ1v) is 7.52. The van der Waals surface area contributed by atoms with Crippen LogP contribution in [0.5, 0.6) is 0 Å². The van der Waals surface area contributed by atoms with E-state index >= 15 is 0 Å². The topological polar surface area (TPSA) is 35.5 Å². The van der Waals surface area contributed by atoms with E-state index in [-0.39, 0.29) is 17.7 Å². The Balaban J connectivity index is 4.12. The fraction of sp³-hybridized carbons (Fsp3) is 0.706. The van der Waals surface area contributed by atoms with Gasteiger partial charge >= 0.3 is 5.97 Å². The molecule has 0 aromatic carbocycles. The molecule has 0 saturated carbocycles. The summed E-state index contributed by atoms with van der Waals surface area (Å²) in [5.74, 6) is -0.304. The Bertz CT molecular complexity index is 318. The van der Waals surface area contributed by atoms with Crippen LogP contribution in [-0.4, -0.2) is 24.8 Å². The van der Waals surface area contributed by atoms with Crippen LogP contribution in [0.25, 0.3) is 0 Å². The maximum atomic E-state index is 11.3. The van der Waals surface area contributed by atoms with E-state index in [4.69, 9.17) is 9.47 Å². The Kier molecular flexibility index (Phi) is 10.1. The van der Waals surface area contributed by atoms with Crippen LogP contribution < -0.4 is 0 Å². The second-order valence-corrected chi connectivity index (χ2v) is 5.59. The Morgan fingerprint density at radius 2 is 1.95 bits per heavy atom. The highest BCUT2D eigenvalue weighted by atomic mass is 16.5. The molecule has 0 saturated heterocycles. The number of ether oxygens (including phenoxy) is 2. The minimum Gasteiger partial charge on any atom is -0.460 e. The maximum absolute atomic E-state index is 11.3. The number of carbonyl (C=O) groups excluding carboxylic acids is 1. The van der Waals surface area contributed by atoms with Crippen LogP contribution in [0.15, 0.2) is 24.3 Å². The minimum absolute atomic E-state index is 0.0773. The first kappa shape index (κ1) is 18.9. The van der Waals surface area contributed by atoms with Crippen molar-refractivity contribution in [1.82, 2.24) is 0 Å². The summed E-state index contributed by atoms with van der Waals surface area (Å²) < 4.78 is 10.6. The predicted molar refractivity (Wildman–Crippen MR) is 83.7 cm³/mol. The second-order valence-electron chi connectivity index (χ2n) is 5.59. The normalized spacial score (nSPS) is 15.1. The first-order chi connectivity index (χ1) is 9.43. The van der Waals surface area contributed by atoms with Gasteiger partial charge in [-0.2, -0.15) is 0 Å². The van der Waals surface area contributed by atoms with Gasteiger partial charge in [0.1, 0.15) is 0 Å². The van der Waals surface area contributed by atoms with Crippen molar-refractivity contribution < 1.29 is 14.3 Å². The summed E-state index contributed by atoms with van der Waals surface area (Å²) in [6.45, 7) is 8.00. The number of rotatable bonds is 10. The number of esters is 1. The lowest BCUT2D eigenvalue weighted by Crippen LogP contribution is -2.26. The third kappa shape index (κ3) is 9.79. The van der Waals surface area contributed by atoms with Gasteiger partial charge in [0, 0.05) is 13.2 Å². The smallest absolute Gasteiger partial charge is 0.330 e. The molecule has 1 atom stereocenters. The zero-order valence-corrected chi connectivity index (χ0v) is 13.6. The lowest BCUT2D eigenvalue weighted by molar-refractivity contribution is -0.141. The highest BCUT2D eigenvalue weighted by Crippen LogP contribution is 2.23. The van der Waals surface area contributed by atoms with Gasteiger partial charge in [-0.15, -0.1) is 0 Å². The largest absolute Gasteiger partial charge is 0.460 e. The van der Waals surface area contributed by atoms with Gasteiger partial charge < -0.3 is 9.47 Å². The van der Waals surface area contributed by atoms with Crippen molar-refractivity contribution >= 4 is 5.97 Å². The van der Waals surface area contributed by atoms with Crippen molar-refractivity contribution in [3.63, 3.8) is 0 Å². The molecule has 0 bridgehead atoms. The molecule has 0 aliphatic carbocycles. The quantitative estimate of drug-likeness (QED) is 0.257. The van der Waals surface area contributed by atoms with E-state index in [9.17, 15) is 4.79 Å². The lowest BCUT2D eigenvalue weighted by atomic mass is 9.94. The average molecular weight is 282 g/mol. The summed E-state index contributed by atoms with van der Waals surface area (Å²) in [6, 6.07) is 0. The van der Waals surface area contributed by atoms with Crippen molar-refractivity contribution in [2.75, 3.05) is 7.11 Å². The van der Waals surface area contributed by atoms with E-state index in [1.807, 2.05) is 26.0 Å². The molecule has 0 aliphatic heterocycles. The van der Waals surface area contributed by atoms with Gasteiger partial charge in [0.2, 0.25) is 0 Å². The molecule has 1 unspecified atom stereocenters. The fourth-order valence-corrected chi connectivity index (χ4v) is 1.84. The zero-order chi connectivity index (χ0) is 15.4. The lowest BCUT2D eigenvalue weighted by Gasteiger charge is -2.26. The third-order valence-electron chi connectivity index (χ3n) is 3.18. The van der Waals surface area contributed by atoms with Crippen LogP contribution in [0.4, 0.5) is 0 Å². The van der Waals surface area contributed by atoms with E-state index in [1.54, 1.807) is 13.2 Å². The molecule has 3 nitrogen and oxygen atoms in total. The highest BCUT2D eigenvalue weighted by Gasteiger charge is 2.20. The Morgan fingerprint density at radius 1 is 1.25 bits per heavy atom. The maximum Gasteiger partial charge on any atom is 0.330 e. The summed E-state index contributed by atoms with van der Waals surface area (Å²) >= 11 is 0. The number of hydrogen-bond acceptors (Lipinski definition) is 3. The van der Waals surface area contributed by atoms with E-state index in [1.165, 1.54) is 25.3 Å². The average Bonchev–Trinajstić information content (AvgIpc) is 2.38. The van der Waals surface area contributed by atoms with Gasteiger partial charge in [0.25, 0.3) is 0 Å². The van der Waals surface area contributed by atoms with Crippen LogP contribution >= 0.6 is 0 Å². The molecule has 0 rings (SSSR count). The van der Waals surface area contributed by atoms with Gasteiger partial charge in [-0.05, 0) is 33.6 Å². The number of unbranched alkanes of at least 4 members (excludes halogenated alkanes) is 2. The Hall–Kier alpha value is -1.09. The summed E-state index contributed by atoms with van der Waals surface area (Å²) in [5.41, 5.74) is -0.113. The molecular formula is C17H30O3. The summed E-state index contributed by atoms with van der Waals surface area (Å²) in [5, 5.41) is 0. The molecule has 0 amide bonds. The molecule has 0 N–H and O–H groups in total. The predicted octanol–water partition coefficient (Wildman–Crippen LogP) is 4.43. The van der Waals surface area contributed by atoms with E-state index in [0.29, 0.717) is 0 Å². The molecular weight excluding hydrogens is 252 g/mol. The van der Waals surface area contributed by atoms with Crippen LogP contribution in [0.3, 0.4) is 0 Å². The summed E-state index contributed by atoms with van der Waals surface area (Å²) in [4.78, 5) is 11.3. The van der Waals surface area contributed by atoms with Crippen LogP contribution in [0.2, 0.25) is 0 Å². The van der Waals surface area contributed by atoms with Gasteiger partial charge in [0.05, 0.1) is 11.7 Å². The monoisotopic (exact) mass is 282 g/mol. The standard InChI is InChI=1S/C17H30O3/c1-6-7-10-13-17(4,19-5)14-11-8-9-12-16(18)20-15(2)3/h8-9,11-12,15H,6-7,10,13-14H2,1-5H3. The second kappa shape index (κ2) is 10.7. The molecule has 20 heavy (non-hydrogen) atoms. The molecule has 3 heteroatoms. The zero-order valence-electron chi connectivity index (χ0n) is 13.6. The van der Waals surface area contributed by atoms with Gasteiger partial charge in [0.15, 0.2) is 0 Å². The summed E-state index contributed by atoms with van der Waals surface area (Å²) in [6.07, 6.45) is 12.5. The number of hydrogen-bond donors (Lipinski definition) is 0. The van der Waals surface area contributed by atoms with Crippen molar-refractivity contribution in [3.8, 4) is 0 Å². The van der Waals surface area contributed by atoms with Gasteiger partial charge in [-0.3, -0.25) is 0 Å². The Morgan fingerprint density at radius 3 is 2.50 bits per heavy atom. The van der Waals surface area contributed by atoms with Crippen LogP contribution in [-0.2, 0) is 14.3 Å². The molecule has 0 aromatic heterocycles. The van der Waals surface area contributed by atoms with E-state index in [0.717, 1.165) is 12.8 Å². The van der Waals surface area contributed by atoms with E-state index in [2.05, 4.69) is 13.8 Å². The fourth-order valence-electron chi connectivity index (χ4n) is 1.84. The number of allylic oxidation sites excluding steroid dienone is 2. The van der Waals surface area contributed by atoms with Crippen LogP contribution in [0.1, 0.15) is 59.8 Å². The van der Waals surface area contributed by atoms with Crippen molar-refractivity contribution in [2.45, 2.75) is 71.5 Å². The SMILES string of the molecule is CCCCCC(C)(CC=CC=CC(=O)OC(C)C)OC. The Labute approximate surface area is 124 Å². The molecule has 0 heterocycles. The first-order valence-electron chi connectivity index (χ1n) is 7.52. The van der Waals surface area contributed by atoms with E-state index < -0.39 is 0 Å². The van der Waals surface area contributed by atoms with Gasteiger partial charge in [-0.1, -0.05) is 44.4 Å². The number of methoxy groups -OCH3 is 1. The minimum atomic E-state index is -0.304. The van der Waals surface area contributed by atoms with Crippen molar-refractivity contribution in [3.05, 3.63) is 24.3 Å². The third-order valence-corrected chi connectivity index (χ3v) is 3.18. The van der Waals surface area contributed by atoms with Crippen LogP contribution in [0, 0.1) is 0 Å². The number of carbonyl (C=O) groups is 1. The molecule has 0 radical (unpaired) electrons. The van der Waals surface area contributed by atoms with Crippen molar-refractivity contribution in [1.29, 1.82) is 0 Å². The molecule has 0 spiro atoms. The van der Waals surface area contributed by atoms with Crippen molar-refractivity contribution in [2.24, 2.45) is 0 Å². The molecule has 0 aromatic rings. The molecule has 116 valence electrons. The highest BCUT2D eigenvalue weighted by molar-refractivity contribution is 5.82. The molecule has 0 aliphatic rings.